The van der Waals surface area contributed by atoms with Crippen molar-refractivity contribution in [3.05, 3.63) is 89.9 Å². The zero-order valence-corrected chi connectivity index (χ0v) is 17.6. The first-order valence-corrected chi connectivity index (χ1v) is 10.8. The quantitative estimate of drug-likeness (QED) is 0.354. The average Bonchev–Trinajstić information content (AvgIpc) is 3.32. The van der Waals surface area contributed by atoms with Gasteiger partial charge in [-0.2, -0.15) is 5.10 Å². The van der Waals surface area contributed by atoms with Crippen LogP contribution < -0.4 is 15.5 Å². The maximum absolute atomic E-state index is 11.8. The first kappa shape index (κ1) is 22.2. The van der Waals surface area contributed by atoms with Gasteiger partial charge >= 0.3 is 0 Å². The van der Waals surface area contributed by atoms with Crippen LogP contribution in [0.5, 0.6) is 5.75 Å². The Morgan fingerprint density at radius 2 is 1.81 bits per heavy atom. The Labute approximate surface area is 184 Å². The van der Waals surface area contributed by atoms with Gasteiger partial charge in [-0.05, 0) is 47.5 Å². The molecule has 0 saturated heterocycles. The number of hydrazone groups is 1. The predicted molar refractivity (Wildman–Crippen MR) is 121 cm³/mol. The Morgan fingerprint density at radius 3 is 2.55 bits per heavy atom. The molecule has 160 valence electrons. The third-order valence-electron chi connectivity index (χ3n) is 4.04. The zero-order chi connectivity index (χ0) is 21.7. The Morgan fingerprint density at radius 1 is 1.00 bits per heavy atom. The van der Waals surface area contributed by atoms with Gasteiger partial charge < -0.3 is 14.5 Å². The second-order valence-corrected chi connectivity index (χ2v) is 7.47. The van der Waals surface area contributed by atoms with Gasteiger partial charge in [0.25, 0.3) is 5.91 Å². The zero-order valence-electron chi connectivity index (χ0n) is 16.8. The maximum atomic E-state index is 11.8. The Hall–Kier alpha value is -3.52. The lowest BCUT2D eigenvalue weighted by molar-refractivity contribution is -0.123. The average molecular weight is 438 g/mol. The van der Waals surface area contributed by atoms with E-state index in [1.807, 2.05) is 30.3 Å². The van der Waals surface area contributed by atoms with Crippen molar-refractivity contribution in [3.8, 4) is 5.75 Å². The summed E-state index contributed by atoms with van der Waals surface area (Å²) >= 11 is 1.53. The second kappa shape index (κ2) is 12.2. The largest absolute Gasteiger partial charge is 0.484 e. The molecule has 8 heteroatoms. The molecule has 0 radical (unpaired) electrons. The fourth-order valence-electron chi connectivity index (χ4n) is 2.50. The number of carbonyl (C=O) groups excluding carboxylic acids is 2. The SMILES string of the molecule is O=C(COc1ccc(/C=N/NC(=O)CSCc2ccccc2)cc1)NCc1ccco1. The van der Waals surface area contributed by atoms with Gasteiger partial charge in [-0.25, -0.2) is 5.43 Å². The van der Waals surface area contributed by atoms with Crippen LogP contribution in [0.15, 0.2) is 82.5 Å². The summed E-state index contributed by atoms with van der Waals surface area (Å²) in [6, 6.07) is 20.6. The van der Waals surface area contributed by atoms with Gasteiger partial charge in [0.2, 0.25) is 5.91 Å². The van der Waals surface area contributed by atoms with E-state index in [4.69, 9.17) is 9.15 Å². The minimum atomic E-state index is -0.241. The van der Waals surface area contributed by atoms with Crippen molar-refractivity contribution in [3.63, 3.8) is 0 Å². The summed E-state index contributed by atoms with van der Waals surface area (Å²) in [7, 11) is 0. The number of rotatable bonds is 11. The number of carbonyl (C=O) groups is 2. The molecule has 1 aromatic heterocycles. The highest BCUT2D eigenvalue weighted by molar-refractivity contribution is 7.99. The summed E-state index contributed by atoms with van der Waals surface area (Å²) in [6.45, 7) is 0.228. The van der Waals surface area contributed by atoms with Crippen molar-refractivity contribution >= 4 is 29.8 Å². The lowest BCUT2D eigenvalue weighted by atomic mass is 10.2. The highest BCUT2D eigenvalue weighted by Gasteiger charge is 2.04. The second-order valence-electron chi connectivity index (χ2n) is 6.49. The molecule has 0 aliphatic heterocycles. The summed E-state index contributed by atoms with van der Waals surface area (Å²) in [4.78, 5) is 23.6. The number of hydrogen-bond acceptors (Lipinski definition) is 6. The molecule has 0 aliphatic carbocycles. The van der Waals surface area contributed by atoms with Crippen LogP contribution >= 0.6 is 11.8 Å². The van der Waals surface area contributed by atoms with E-state index in [1.165, 1.54) is 17.3 Å². The number of nitrogens with zero attached hydrogens (tertiary/aromatic N) is 1. The molecule has 3 rings (SSSR count). The fraction of sp³-hybridized carbons (Fsp3) is 0.174. The summed E-state index contributed by atoms with van der Waals surface area (Å²) in [6.07, 6.45) is 3.11. The van der Waals surface area contributed by atoms with Crippen molar-refractivity contribution in [2.45, 2.75) is 12.3 Å². The van der Waals surface area contributed by atoms with Gasteiger partial charge in [0.15, 0.2) is 6.61 Å². The number of nitrogens with one attached hydrogen (secondary N) is 2. The molecular formula is C23H23N3O4S. The number of amides is 2. The molecule has 0 spiro atoms. The Kier molecular flexibility index (Phi) is 8.75. The van der Waals surface area contributed by atoms with Crippen molar-refractivity contribution in [1.82, 2.24) is 10.7 Å². The Bertz CT molecular complexity index is 974. The topological polar surface area (TPSA) is 92.9 Å². The van der Waals surface area contributed by atoms with Crippen LogP contribution in [-0.4, -0.2) is 30.4 Å². The predicted octanol–water partition coefficient (Wildman–Crippen LogP) is 3.36. The molecule has 0 atom stereocenters. The van der Waals surface area contributed by atoms with E-state index < -0.39 is 0 Å². The van der Waals surface area contributed by atoms with Gasteiger partial charge in [0.1, 0.15) is 11.5 Å². The number of furan rings is 1. The van der Waals surface area contributed by atoms with Gasteiger partial charge in [-0.15, -0.1) is 11.8 Å². The van der Waals surface area contributed by atoms with Crippen LogP contribution in [0.3, 0.4) is 0 Å². The van der Waals surface area contributed by atoms with E-state index in [0.29, 0.717) is 23.8 Å². The molecule has 2 amide bonds. The molecule has 0 fully saturated rings. The summed E-state index contributed by atoms with van der Waals surface area (Å²) in [5.74, 6) is 1.96. The molecule has 0 aliphatic rings. The lowest BCUT2D eigenvalue weighted by Gasteiger charge is -2.06. The van der Waals surface area contributed by atoms with E-state index in [0.717, 1.165) is 11.3 Å². The first-order chi connectivity index (χ1) is 15.2. The molecule has 31 heavy (non-hydrogen) atoms. The fourth-order valence-corrected chi connectivity index (χ4v) is 3.28. The van der Waals surface area contributed by atoms with E-state index in [1.54, 1.807) is 48.9 Å². The first-order valence-electron chi connectivity index (χ1n) is 9.64. The van der Waals surface area contributed by atoms with Crippen LogP contribution in [0, 0.1) is 0 Å². The highest BCUT2D eigenvalue weighted by atomic mass is 32.2. The third-order valence-corrected chi connectivity index (χ3v) is 5.04. The van der Waals surface area contributed by atoms with Gasteiger partial charge in [0.05, 0.1) is 24.8 Å². The number of ether oxygens (including phenoxy) is 1. The van der Waals surface area contributed by atoms with E-state index >= 15 is 0 Å². The van der Waals surface area contributed by atoms with Crippen molar-refractivity contribution in [2.75, 3.05) is 12.4 Å². The highest BCUT2D eigenvalue weighted by Crippen LogP contribution is 2.12. The summed E-state index contributed by atoms with van der Waals surface area (Å²) < 4.78 is 10.6. The number of thioether (sulfide) groups is 1. The van der Waals surface area contributed by atoms with E-state index in [-0.39, 0.29) is 18.4 Å². The molecule has 1 heterocycles. The number of benzene rings is 2. The molecule has 2 aromatic carbocycles. The van der Waals surface area contributed by atoms with Gasteiger partial charge in [-0.1, -0.05) is 30.3 Å². The Balaban J connectivity index is 1.32. The minimum Gasteiger partial charge on any atom is -0.484 e. The maximum Gasteiger partial charge on any atom is 0.258 e. The van der Waals surface area contributed by atoms with Crippen molar-refractivity contribution < 1.29 is 18.7 Å². The van der Waals surface area contributed by atoms with Crippen LogP contribution in [0.4, 0.5) is 0 Å². The molecule has 3 aromatic rings. The third kappa shape index (κ3) is 8.39. The van der Waals surface area contributed by atoms with Crippen molar-refractivity contribution in [2.24, 2.45) is 5.10 Å². The molecular weight excluding hydrogens is 414 g/mol. The molecule has 0 bridgehead atoms. The minimum absolute atomic E-state index is 0.0924. The van der Waals surface area contributed by atoms with Crippen LogP contribution in [0.2, 0.25) is 0 Å². The molecule has 2 N–H and O–H groups in total. The molecule has 0 unspecified atom stereocenters. The molecule has 7 nitrogen and oxygen atoms in total. The standard InChI is InChI=1S/C23H23N3O4S/c27-22(24-14-21-7-4-12-29-21)15-30-20-10-8-18(9-11-20)13-25-26-23(28)17-31-16-19-5-2-1-3-6-19/h1-13H,14-17H2,(H,24,27)(H,26,28)/b25-13+. The van der Waals surface area contributed by atoms with Crippen LogP contribution in [0.1, 0.15) is 16.9 Å². The smallest absolute Gasteiger partial charge is 0.258 e. The summed E-state index contributed by atoms with van der Waals surface area (Å²) in [5, 5.41) is 6.68. The van der Waals surface area contributed by atoms with Gasteiger partial charge in [0, 0.05) is 5.75 Å². The lowest BCUT2D eigenvalue weighted by Crippen LogP contribution is -2.28. The van der Waals surface area contributed by atoms with E-state index in [9.17, 15) is 9.59 Å². The summed E-state index contributed by atoms with van der Waals surface area (Å²) in [5.41, 5.74) is 4.50. The van der Waals surface area contributed by atoms with Crippen molar-refractivity contribution in [1.29, 1.82) is 0 Å². The van der Waals surface area contributed by atoms with Crippen LogP contribution in [0.25, 0.3) is 0 Å². The number of hydrogen-bond donors (Lipinski definition) is 2. The van der Waals surface area contributed by atoms with E-state index in [2.05, 4.69) is 15.8 Å². The molecule has 0 saturated carbocycles. The van der Waals surface area contributed by atoms with Crippen LogP contribution in [-0.2, 0) is 21.9 Å². The van der Waals surface area contributed by atoms with Gasteiger partial charge in [-0.3, -0.25) is 9.59 Å². The normalized spacial score (nSPS) is 10.7. The monoisotopic (exact) mass is 437 g/mol.